The van der Waals surface area contributed by atoms with Crippen LogP contribution in [0.1, 0.15) is 24.8 Å². The molecule has 2 saturated carbocycles. The van der Waals surface area contributed by atoms with Gasteiger partial charge in [-0.05, 0) is 49.7 Å². The van der Waals surface area contributed by atoms with Gasteiger partial charge in [-0.15, -0.1) is 0 Å². The quantitative estimate of drug-likeness (QED) is 0.771. The van der Waals surface area contributed by atoms with Crippen molar-refractivity contribution < 1.29 is 0 Å². The highest BCUT2D eigenvalue weighted by Crippen LogP contribution is 2.52. The number of hydrogen-bond donors (Lipinski definition) is 1. The molecular weight excluding hydrogens is 172 g/mol. The zero-order chi connectivity index (χ0) is 9.54. The summed E-state index contributed by atoms with van der Waals surface area (Å²) in [5, 5.41) is 3.66. The van der Waals surface area contributed by atoms with Gasteiger partial charge in [0.15, 0.2) is 0 Å². The molecule has 0 aliphatic heterocycles. The van der Waals surface area contributed by atoms with Crippen LogP contribution >= 0.6 is 0 Å². The third-order valence-corrected chi connectivity index (χ3v) is 3.70. The van der Waals surface area contributed by atoms with Crippen molar-refractivity contribution in [2.45, 2.75) is 32.2 Å². The Morgan fingerprint density at radius 2 is 2.36 bits per heavy atom. The van der Waals surface area contributed by atoms with E-state index in [9.17, 15) is 0 Å². The second-order valence-electron chi connectivity index (χ2n) is 4.68. The lowest BCUT2D eigenvalue weighted by Gasteiger charge is -2.17. The summed E-state index contributed by atoms with van der Waals surface area (Å²) in [5.41, 5.74) is 2.54. The molecule has 1 aromatic heterocycles. The number of aromatic nitrogens is 1. The molecule has 3 rings (SSSR count). The number of fused-ring (bicyclic) bond motifs is 1. The molecule has 0 radical (unpaired) electrons. The fraction of sp³-hybridized carbons (Fsp3) is 0.583. The molecule has 2 fully saturated rings. The molecule has 3 unspecified atom stereocenters. The van der Waals surface area contributed by atoms with Crippen molar-refractivity contribution in [3.8, 4) is 0 Å². The number of nitrogens with zero attached hydrogens (tertiary/aromatic N) is 1. The van der Waals surface area contributed by atoms with E-state index in [1.807, 2.05) is 12.4 Å². The molecule has 1 aromatic rings. The average Bonchev–Trinajstić information content (AvgIpc) is 2.87. The van der Waals surface area contributed by atoms with E-state index in [0.29, 0.717) is 0 Å². The molecule has 0 spiro atoms. The van der Waals surface area contributed by atoms with E-state index in [-0.39, 0.29) is 0 Å². The Morgan fingerprint density at radius 1 is 1.43 bits per heavy atom. The number of aryl methyl sites for hydroxylation is 1. The molecule has 0 amide bonds. The number of pyridine rings is 1. The van der Waals surface area contributed by atoms with Gasteiger partial charge in [0.05, 0.1) is 0 Å². The summed E-state index contributed by atoms with van der Waals surface area (Å²) < 4.78 is 0. The zero-order valence-electron chi connectivity index (χ0n) is 8.53. The SMILES string of the molecule is Cc1cnccc1NC1CCC2CC21. The van der Waals surface area contributed by atoms with Gasteiger partial charge < -0.3 is 5.32 Å². The van der Waals surface area contributed by atoms with Crippen LogP contribution in [0.4, 0.5) is 5.69 Å². The number of rotatable bonds is 2. The average molecular weight is 188 g/mol. The fourth-order valence-electron chi connectivity index (χ4n) is 2.72. The van der Waals surface area contributed by atoms with Gasteiger partial charge in [-0.2, -0.15) is 0 Å². The smallest absolute Gasteiger partial charge is 0.0403 e. The molecule has 2 aliphatic carbocycles. The first kappa shape index (κ1) is 8.27. The minimum absolute atomic E-state index is 0.737. The van der Waals surface area contributed by atoms with Crippen molar-refractivity contribution in [1.82, 2.24) is 4.98 Å². The summed E-state index contributed by atoms with van der Waals surface area (Å²) in [6.45, 7) is 2.12. The van der Waals surface area contributed by atoms with Crippen LogP contribution in [0.15, 0.2) is 18.5 Å². The molecule has 14 heavy (non-hydrogen) atoms. The largest absolute Gasteiger partial charge is 0.382 e. The zero-order valence-corrected chi connectivity index (χ0v) is 8.53. The lowest BCUT2D eigenvalue weighted by atomic mass is 10.1. The van der Waals surface area contributed by atoms with Gasteiger partial charge in [-0.3, -0.25) is 4.98 Å². The molecule has 2 nitrogen and oxygen atoms in total. The molecule has 0 saturated heterocycles. The molecule has 2 aliphatic rings. The topological polar surface area (TPSA) is 24.9 Å². The van der Waals surface area contributed by atoms with Crippen LogP contribution in [0.25, 0.3) is 0 Å². The lowest BCUT2D eigenvalue weighted by Crippen LogP contribution is -2.19. The van der Waals surface area contributed by atoms with Gasteiger partial charge in [0.2, 0.25) is 0 Å². The first-order valence-corrected chi connectivity index (χ1v) is 5.52. The predicted molar refractivity (Wildman–Crippen MR) is 57.2 cm³/mol. The van der Waals surface area contributed by atoms with Gasteiger partial charge in [0, 0.05) is 24.1 Å². The van der Waals surface area contributed by atoms with Crippen LogP contribution in [-0.2, 0) is 0 Å². The van der Waals surface area contributed by atoms with Crippen molar-refractivity contribution in [3.63, 3.8) is 0 Å². The standard InChI is InChI=1S/C12H16N2/c1-8-7-13-5-4-11(8)14-12-3-2-9-6-10(9)12/h4-5,7,9-10,12H,2-3,6H2,1H3,(H,13,14). The lowest BCUT2D eigenvalue weighted by molar-refractivity contribution is 0.654. The Bertz CT molecular complexity index is 348. The van der Waals surface area contributed by atoms with E-state index in [0.717, 1.165) is 17.9 Å². The van der Waals surface area contributed by atoms with Crippen LogP contribution in [-0.4, -0.2) is 11.0 Å². The highest BCUT2D eigenvalue weighted by molar-refractivity contribution is 5.50. The van der Waals surface area contributed by atoms with Crippen LogP contribution in [0.2, 0.25) is 0 Å². The maximum atomic E-state index is 4.11. The highest BCUT2D eigenvalue weighted by Gasteiger charge is 2.47. The van der Waals surface area contributed by atoms with E-state index < -0.39 is 0 Å². The molecule has 74 valence electrons. The predicted octanol–water partition coefficient (Wildman–Crippen LogP) is 2.60. The summed E-state index contributed by atoms with van der Waals surface area (Å²) in [4.78, 5) is 4.11. The van der Waals surface area contributed by atoms with Crippen molar-refractivity contribution >= 4 is 5.69 Å². The third-order valence-electron chi connectivity index (χ3n) is 3.70. The van der Waals surface area contributed by atoms with Crippen LogP contribution in [0.5, 0.6) is 0 Å². The number of hydrogen-bond acceptors (Lipinski definition) is 2. The van der Waals surface area contributed by atoms with E-state index in [2.05, 4.69) is 23.3 Å². The van der Waals surface area contributed by atoms with Crippen LogP contribution < -0.4 is 5.32 Å². The van der Waals surface area contributed by atoms with E-state index in [4.69, 9.17) is 0 Å². The first-order chi connectivity index (χ1) is 6.84. The monoisotopic (exact) mass is 188 g/mol. The minimum Gasteiger partial charge on any atom is -0.382 e. The Balaban J connectivity index is 1.74. The Kier molecular flexibility index (Phi) is 1.76. The van der Waals surface area contributed by atoms with Crippen LogP contribution in [0.3, 0.4) is 0 Å². The number of nitrogens with one attached hydrogen (secondary N) is 1. The second kappa shape index (κ2) is 2.97. The van der Waals surface area contributed by atoms with E-state index in [1.54, 1.807) is 0 Å². The molecular formula is C12H16N2. The number of anilines is 1. The second-order valence-corrected chi connectivity index (χ2v) is 4.68. The molecule has 1 heterocycles. The summed E-state index contributed by atoms with van der Waals surface area (Å²) in [6, 6.07) is 2.83. The van der Waals surface area contributed by atoms with Crippen molar-refractivity contribution in [2.75, 3.05) is 5.32 Å². The Labute approximate surface area is 84.7 Å². The highest BCUT2D eigenvalue weighted by atomic mass is 15.0. The van der Waals surface area contributed by atoms with E-state index in [1.165, 1.54) is 30.5 Å². The first-order valence-electron chi connectivity index (χ1n) is 5.52. The minimum atomic E-state index is 0.737. The molecule has 1 N–H and O–H groups in total. The summed E-state index contributed by atoms with van der Waals surface area (Å²) in [6.07, 6.45) is 8.06. The Hall–Kier alpha value is -1.05. The van der Waals surface area contributed by atoms with Crippen molar-refractivity contribution in [2.24, 2.45) is 11.8 Å². The van der Waals surface area contributed by atoms with Gasteiger partial charge in [-0.1, -0.05) is 0 Å². The van der Waals surface area contributed by atoms with Gasteiger partial charge >= 0.3 is 0 Å². The summed E-state index contributed by atoms with van der Waals surface area (Å²) >= 11 is 0. The van der Waals surface area contributed by atoms with Crippen LogP contribution in [0, 0.1) is 18.8 Å². The Morgan fingerprint density at radius 3 is 3.00 bits per heavy atom. The fourth-order valence-corrected chi connectivity index (χ4v) is 2.72. The van der Waals surface area contributed by atoms with Gasteiger partial charge in [-0.25, -0.2) is 0 Å². The van der Waals surface area contributed by atoms with Gasteiger partial charge in [0.1, 0.15) is 0 Å². The van der Waals surface area contributed by atoms with E-state index >= 15 is 0 Å². The molecule has 2 heteroatoms. The molecule has 0 aromatic carbocycles. The summed E-state index contributed by atoms with van der Waals surface area (Å²) in [7, 11) is 0. The molecule has 0 bridgehead atoms. The maximum Gasteiger partial charge on any atom is 0.0403 e. The van der Waals surface area contributed by atoms with Gasteiger partial charge in [0.25, 0.3) is 0 Å². The normalized spacial score (nSPS) is 33.9. The third kappa shape index (κ3) is 1.29. The molecule has 3 atom stereocenters. The van der Waals surface area contributed by atoms with Crippen molar-refractivity contribution in [1.29, 1.82) is 0 Å². The maximum absolute atomic E-state index is 4.11. The van der Waals surface area contributed by atoms with Crippen molar-refractivity contribution in [3.05, 3.63) is 24.0 Å². The summed E-state index contributed by atoms with van der Waals surface area (Å²) in [5.74, 6) is 2.03.